The van der Waals surface area contributed by atoms with Gasteiger partial charge in [-0.25, -0.2) is 4.98 Å². The van der Waals surface area contributed by atoms with Crippen LogP contribution in [0.4, 0.5) is 0 Å². The van der Waals surface area contributed by atoms with Crippen molar-refractivity contribution in [3.05, 3.63) is 16.1 Å². The molecule has 94 valence electrons. The van der Waals surface area contributed by atoms with Crippen molar-refractivity contribution in [1.29, 1.82) is 0 Å². The molecule has 3 N–H and O–H groups in total. The number of hydrogen-bond donors (Lipinski definition) is 2. The molecule has 1 saturated heterocycles. The van der Waals surface area contributed by atoms with Crippen LogP contribution >= 0.6 is 11.3 Å². The van der Waals surface area contributed by atoms with Gasteiger partial charge in [0, 0.05) is 17.1 Å². The van der Waals surface area contributed by atoms with E-state index in [9.17, 15) is 4.79 Å². The van der Waals surface area contributed by atoms with Gasteiger partial charge in [-0.15, -0.1) is 11.3 Å². The molecule has 0 radical (unpaired) electrons. The van der Waals surface area contributed by atoms with Crippen molar-refractivity contribution >= 4 is 17.2 Å². The summed E-state index contributed by atoms with van der Waals surface area (Å²) in [5, 5.41) is 3.90. The van der Waals surface area contributed by atoms with Gasteiger partial charge >= 0.3 is 0 Å². The predicted octanol–water partition coefficient (Wildman–Crippen LogP) is 0.432. The number of aromatic nitrogens is 1. The Labute approximate surface area is 104 Å². The first-order valence-electron chi connectivity index (χ1n) is 5.55. The number of nitrogens with two attached hydrogens (primary N) is 1. The van der Waals surface area contributed by atoms with Crippen LogP contribution in [0.1, 0.15) is 16.8 Å². The van der Waals surface area contributed by atoms with Crippen molar-refractivity contribution < 1.29 is 9.53 Å². The fourth-order valence-corrected chi connectivity index (χ4v) is 2.51. The molecule has 0 saturated carbocycles. The van der Waals surface area contributed by atoms with Gasteiger partial charge in [0.25, 0.3) is 0 Å². The van der Waals surface area contributed by atoms with Crippen LogP contribution in [0.25, 0.3) is 0 Å². The minimum absolute atomic E-state index is 0.0476. The summed E-state index contributed by atoms with van der Waals surface area (Å²) in [6, 6.07) is -0.231. The number of rotatable bonds is 3. The highest BCUT2D eigenvalue weighted by molar-refractivity contribution is 7.11. The predicted molar refractivity (Wildman–Crippen MR) is 65.6 cm³/mol. The molecular formula is C11H17N3O2S. The molecule has 6 heteroatoms. The van der Waals surface area contributed by atoms with Crippen molar-refractivity contribution in [3.8, 4) is 0 Å². The van der Waals surface area contributed by atoms with Crippen LogP contribution in [-0.4, -0.2) is 30.1 Å². The Morgan fingerprint density at radius 1 is 1.82 bits per heavy atom. The van der Waals surface area contributed by atoms with E-state index in [4.69, 9.17) is 10.5 Å². The first kappa shape index (κ1) is 12.5. The molecule has 17 heavy (non-hydrogen) atoms. The zero-order chi connectivity index (χ0) is 12.5. The Bertz CT molecular complexity index is 421. The molecular weight excluding hydrogens is 238 g/mol. The molecule has 1 amide bonds. The van der Waals surface area contributed by atoms with Gasteiger partial charge < -0.3 is 15.8 Å². The van der Waals surface area contributed by atoms with Gasteiger partial charge in [-0.05, 0) is 13.8 Å². The fourth-order valence-electron chi connectivity index (χ4n) is 1.78. The van der Waals surface area contributed by atoms with Crippen LogP contribution < -0.4 is 11.1 Å². The molecule has 2 heterocycles. The molecule has 5 nitrogen and oxygen atoms in total. The van der Waals surface area contributed by atoms with Crippen molar-refractivity contribution in [2.75, 3.05) is 13.2 Å². The highest BCUT2D eigenvalue weighted by Crippen LogP contribution is 2.27. The van der Waals surface area contributed by atoms with Crippen LogP contribution in [0.3, 0.4) is 0 Å². The smallest absolute Gasteiger partial charge is 0.230 e. The monoisotopic (exact) mass is 255 g/mol. The maximum absolute atomic E-state index is 12.1. The van der Waals surface area contributed by atoms with Crippen LogP contribution in [0, 0.1) is 12.3 Å². The average molecular weight is 255 g/mol. The van der Waals surface area contributed by atoms with Gasteiger partial charge in [-0.3, -0.25) is 4.79 Å². The second kappa shape index (κ2) is 4.72. The van der Waals surface area contributed by atoms with E-state index >= 15 is 0 Å². The topological polar surface area (TPSA) is 77.2 Å². The number of thiazole rings is 1. The van der Waals surface area contributed by atoms with Crippen LogP contribution in [0.5, 0.6) is 0 Å². The molecule has 0 spiro atoms. The molecule has 2 atom stereocenters. The van der Waals surface area contributed by atoms with E-state index in [1.807, 2.05) is 13.8 Å². The molecule has 1 aliphatic heterocycles. The number of amides is 1. The first-order chi connectivity index (χ1) is 8.02. The number of nitrogens with one attached hydrogen (secondary N) is 1. The maximum atomic E-state index is 12.1. The Morgan fingerprint density at radius 2 is 2.59 bits per heavy atom. The Morgan fingerprint density at radius 3 is 3.12 bits per heavy atom. The SMILES string of the molecule is Cc1ncc(CNC(=O)C2(C)COCC2N)s1. The van der Waals surface area contributed by atoms with E-state index in [2.05, 4.69) is 10.3 Å². The van der Waals surface area contributed by atoms with Crippen molar-refractivity contribution in [2.24, 2.45) is 11.1 Å². The van der Waals surface area contributed by atoms with E-state index in [0.717, 1.165) is 9.88 Å². The number of carbonyl (C=O) groups excluding carboxylic acids is 1. The van der Waals surface area contributed by atoms with E-state index in [1.54, 1.807) is 17.5 Å². The summed E-state index contributed by atoms with van der Waals surface area (Å²) in [5.41, 5.74) is 5.28. The normalized spacial score (nSPS) is 28.3. The van der Waals surface area contributed by atoms with Crippen molar-refractivity contribution in [3.63, 3.8) is 0 Å². The molecule has 2 unspecified atom stereocenters. The van der Waals surface area contributed by atoms with Crippen LogP contribution in [0.15, 0.2) is 6.20 Å². The fraction of sp³-hybridized carbons (Fsp3) is 0.636. The zero-order valence-corrected chi connectivity index (χ0v) is 10.8. The summed E-state index contributed by atoms with van der Waals surface area (Å²) >= 11 is 1.58. The van der Waals surface area contributed by atoms with Gasteiger partial charge in [-0.1, -0.05) is 0 Å². The lowest BCUT2D eigenvalue weighted by atomic mass is 9.85. The lowest BCUT2D eigenvalue weighted by Gasteiger charge is -2.25. The number of nitrogens with zero attached hydrogens (tertiary/aromatic N) is 1. The first-order valence-corrected chi connectivity index (χ1v) is 6.37. The van der Waals surface area contributed by atoms with E-state index < -0.39 is 5.41 Å². The van der Waals surface area contributed by atoms with Gasteiger partial charge in [0.1, 0.15) is 0 Å². The molecule has 0 aromatic carbocycles. The highest BCUT2D eigenvalue weighted by Gasteiger charge is 2.44. The molecule has 1 aliphatic rings. The zero-order valence-electron chi connectivity index (χ0n) is 10.0. The van der Waals surface area contributed by atoms with Crippen LogP contribution in [-0.2, 0) is 16.1 Å². The lowest BCUT2D eigenvalue weighted by Crippen LogP contribution is -2.49. The van der Waals surface area contributed by atoms with Crippen molar-refractivity contribution in [2.45, 2.75) is 26.4 Å². The summed E-state index contributed by atoms with van der Waals surface area (Å²) in [5.74, 6) is -0.0476. The Kier molecular flexibility index (Phi) is 3.46. The second-order valence-electron chi connectivity index (χ2n) is 4.57. The third-order valence-corrected chi connectivity index (χ3v) is 4.04. The summed E-state index contributed by atoms with van der Waals surface area (Å²) in [7, 11) is 0. The average Bonchev–Trinajstić information content (AvgIpc) is 2.84. The second-order valence-corrected chi connectivity index (χ2v) is 5.89. The maximum Gasteiger partial charge on any atom is 0.230 e. The number of hydrogen-bond acceptors (Lipinski definition) is 5. The molecule has 0 aliphatic carbocycles. The van der Waals surface area contributed by atoms with Gasteiger partial charge in [0.2, 0.25) is 5.91 Å². The summed E-state index contributed by atoms with van der Waals surface area (Å²) in [6.45, 7) is 5.13. The Balaban J connectivity index is 1.93. The van der Waals surface area contributed by atoms with Gasteiger partial charge in [0.05, 0.1) is 30.2 Å². The third kappa shape index (κ3) is 2.48. The van der Waals surface area contributed by atoms with Crippen molar-refractivity contribution in [1.82, 2.24) is 10.3 Å². The highest BCUT2D eigenvalue weighted by atomic mass is 32.1. The third-order valence-electron chi connectivity index (χ3n) is 3.13. The quantitative estimate of drug-likeness (QED) is 0.821. The van der Waals surface area contributed by atoms with Gasteiger partial charge in [-0.2, -0.15) is 0 Å². The van der Waals surface area contributed by atoms with E-state index in [1.165, 1.54) is 0 Å². The number of aryl methyl sites for hydroxylation is 1. The minimum Gasteiger partial charge on any atom is -0.379 e. The lowest BCUT2D eigenvalue weighted by molar-refractivity contribution is -0.130. The molecule has 1 aromatic heterocycles. The summed E-state index contributed by atoms with van der Waals surface area (Å²) in [4.78, 5) is 17.3. The van der Waals surface area contributed by atoms with E-state index in [-0.39, 0.29) is 11.9 Å². The Hall–Kier alpha value is -0.980. The number of ether oxygens (including phenoxy) is 1. The molecule has 2 rings (SSSR count). The molecule has 1 fully saturated rings. The standard InChI is InChI=1S/C11H17N3O2S/c1-7-13-3-8(17-7)4-14-10(15)11(2)6-16-5-9(11)12/h3,9H,4-6,12H2,1-2H3,(H,14,15). The van der Waals surface area contributed by atoms with E-state index in [0.29, 0.717) is 19.8 Å². The summed E-state index contributed by atoms with van der Waals surface area (Å²) < 4.78 is 5.25. The largest absolute Gasteiger partial charge is 0.379 e. The van der Waals surface area contributed by atoms with Gasteiger partial charge in [0.15, 0.2) is 0 Å². The molecule has 1 aromatic rings. The minimum atomic E-state index is -0.611. The number of carbonyl (C=O) groups is 1. The molecule has 0 bridgehead atoms. The summed E-state index contributed by atoms with van der Waals surface area (Å²) in [6.07, 6.45) is 1.79. The van der Waals surface area contributed by atoms with Crippen LogP contribution in [0.2, 0.25) is 0 Å².